The maximum absolute atomic E-state index is 13.0. The molecule has 79 heavy (non-hydrogen) atoms. The molecular weight excluding hydrogens is 973 g/mol. The third kappa shape index (κ3) is 67.1. The first-order chi connectivity index (χ1) is 39.0. The molecule has 1 atom stereocenters. The minimum Gasteiger partial charge on any atom is -0.462 e. The van der Waals surface area contributed by atoms with Crippen LogP contribution in [0.5, 0.6) is 0 Å². The molecule has 0 fully saturated rings. The fourth-order valence-electron chi connectivity index (χ4n) is 11.6. The zero-order valence-electron chi connectivity index (χ0n) is 54.2. The molecule has 0 saturated heterocycles. The summed E-state index contributed by atoms with van der Waals surface area (Å²) in [4.78, 5) is 38.4. The van der Waals surface area contributed by atoms with Gasteiger partial charge in [0.05, 0.1) is 0 Å². The Labute approximate surface area is 495 Å². The van der Waals surface area contributed by atoms with E-state index in [0.717, 1.165) is 57.8 Å². The summed E-state index contributed by atoms with van der Waals surface area (Å²) in [6, 6.07) is 0. The molecule has 0 heterocycles. The van der Waals surface area contributed by atoms with E-state index in [9.17, 15) is 14.4 Å². The molecule has 0 aliphatic carbocycles. The summed E-state index contributed by atoms with van der Waals surface area (Å²) in [5.41, 5.74) is 0. The molecule has 1 unspecified atom stereocenters. The third-order valence-electron chi connectivity index (χ3n) is 17.1. The molecule has 6 heteroatoms. The minimum absolute atomic E-state index is 0.0601. The summed E-state index contributed by atoms with van der Waals surface area (Å²) in [7, 11) is 0. The van der Waals surface area contributed by atoms with Crippen molar-refractivity contribution in [1.29, 1.82) is 0 Å². The van der Waals surface area contributed by atoms with E-state index in [4.69, 9.17) is 14.2 Å². The van der Waals surface area contributed by atoms with E-state index >= 15 is 0 Å². The highest BCUT2D eigenvalue weighted by Crippen LogP contribution is 2.20. The number of ether oxygens (including phenoxy) is 3. The van der Waals surface area contributed by atoms with E-state index in [-0.39, 0.29) is 31.1 Å². The summed E-state index contributed by atoms with van der Waals surface area (Å²) in [6.07, 6.45) is 81.4. The Morgan fingerprint density at radius 2 is 0.342 bits per heavy atom. The lowest BCUT2D eigenvalue weighted by Gasteiger charge is -2.18. The Morgan fingerprint density at radius 3 is 0.506 bits per heavy atom. The molecule has 0 aliphatic rings. The lowest BCUT2D eigenvalue weighted by Crippen LogP contribution is -2.30. The van der Waals surface area contributed by atoms with Gasteiger partial charge in [0.25, 0.3) is 0 Å². The summed E-state index contributed by atoms with van der Waals surface area (Å²) in [5.74, 6) is -0.818. The van der Waals surface area contributed by atoms with Crippen molar-refractivity contribution < 1.29 is 28.6 Å². The number of hydrogen-bond acceptors (Lipinski definition) is 6. The quantitative estimate of drug-likeness (QED) is 0.0343. The lowest BCUT2D eigenvalue weighted by molar-refractivity contribution is -0.167. The van der Waals surface area contributed by atoms with Gasteiger partial charge in [-0.3, -0.25) is 14.4 Å². The van der Waals surface area contributed by atoms with Crippen molar-refractivity contribution in [2.24, 2.45) is 0 Å². The summed E-state index contributed by atoms with van der Waals surface area (Å²) < 4.78 is 17.0. The summed E-state index contributed by atoms with van der Waals surface area (Å²) >= 11 is 0. The molecule has 0 aromatic rings. The van der Waals surface area contributed by atoms with Gasteiger partial charge in [-0.2, -0.15) is 0 Å². The van der Waals surface area contributed by atoms with Crippen LogP contribution in [0.15, 0.2) is 0 Å². The Hall–Kier alpha value is -1.59. The Bertz CT molecular complexity index is 1190. The van der Waals surface area contributed by atoms with Gasteiger partial charge in [0.2, 0.25) is 0 Å². The molecule has 0 radical (unpaired) electrons. The van der Waals surface area contributed by atoms with Gasteiger partial charge in [0.1, 0.15) is 13.2 Å². The third-order valence-corrected chi connectivity index (χ3v) is 17.1. The van der Waals surface area contributed by atoms with Crippen LogP contribution in [0.3, 0.4) is 0 Å². The van der Waals surface area contributed by atoms with E-state index in [0.29, 0.717) is 19.3 Å². The van der Waals surface area contributed by atoms with Gasteiger partial charge in [0.15, 0.2) is 6.10 Å². The first-order valence-corrected chi connectivity index (χ1v) is 36.5. The van der Waals surface area contributed by atoms with Crippen molar-refractivity contribution >= 4 is 17.9 Å². The van der Waals surface area contributed by atoms with E-state index < -0.39 is 6.10 Å². The number of rotatable bonds is 69. The molecule has 0 aliphatic heterocycles. The largest absolute Gasteiger partial charge is 0.462 e. The second kappa shape index (κ2) is 68.9. The van der Waals surface area contributed by atoms with Gasteiger partial charge in [-0.15, -0.1) is 0 Å². The second-order valence-electron chi connectivity index (χ2n) is 25.2. The highest BCUT2D eigenvalue weighted by Gasteiger charge is 2.20. The fraction of sp³-hybridized carbons (Fsp3) is 0.959. The van der Waals surface area contributed by atoms with Crippen molar-refractivity contribution in [2.75, 3.05) is 13.2 Å². The number of esters is 3. The first-order valence-electron chi connectivity index (χ1n) is 36.5. The second-order valence-corrected chi connectivity index (χ2v) is 25.2. The van der Waals surface area contributed by atoms with Gasteiger partial charge < -0.3 is 14.2 Å². The van der Waals surface area contributed by atoms with Crippen molar-refractivity contribution in [2.45, 2.75) is 438 Å². The zero-order chi connectivity index (χ0) is 57.1. The number of unbranched alkanes of at least 4 members (excludes halogenated alkanes) is 58. The van der Waals surface area contributed by atoms with Crippen LogP contribution in [-0.2, 0) is 28.6 Å². The topological polar surface area (TPSA) is 78.9 Å². The van der Waals surface area contributed by atoms with Crippen molar-refractivity contribution in [3.63, 3.8) is 0 Å². The maximum Gasteiger partial charge on any atom is 0.306 e. The zero-order valence-corrected chi connectivity index (χ0v) is 54.2. The van der Waals surface area contributed by atoms with Crippen LogP contribution in [0, 0.1) is 0 Å². The smallest absolute Gasteiger partial charge is 0.306 e. The molecule has 0 rings (SSSR count). The van der Waals surface area contributed by atoms with Gasteiger partial charge in [0, 0.05) is 19.3 Å². The molecule has 0 amide bonds. The minimum atomic E-state index is -0.763. The van der Waals surface area contributed by atoms with Crippen LogP contribution in [-0.4, -0.2) is 37.2 Å². The number of carbonyl (C=O) groups excluding carboxylic acids is 3. The van der Waals surface area contributed by atoms with Crippen molar-refractivity contribution in [1.82, 2.24) is 0 Å². The molecule has 0 bridgehead atoms. The van der Waals surface area contributed by atoms with E-state index in [1.165, 1.54) is 334 Å². The predicted molar refractivity (Wildman–Crippen MR) is 344 cm³/mol. The molecule has 0 aromatic carbocycles. The van der Waals surface area contributed by atoms with Crippen LogP contribution in [0.1, 0.15) is 432 Å². The van der Waals surface area contributed by atoms with Gasteiger partial charge >= 0.3 is 17.9 Å². The molecule has 0 saturated carbocycles. The molecule has 0 N–H and O–H groups in total. The predicted octanol–water partition coefficient (Wildman–Crippen LogP) is 25.0. The Balaban J connectivity index is 4.18. The highest BCUT2D eigenvalue weighted by atomic mass is 16.6. The monoisotopic (exact) mass is 1120 g/mol. The molecule has 0 spiro atoms. The molecular formula is C73H142O6. The highest BCUT2D eigenvalue weighted by molar-refractivity contribution is 5.71. The SMILES string of the molecule is CCCCCCCCCCCCCCCCCCCCCCCCCCCC(=O)OCC(COC(=O)CCCCCCCCCCCCCCC)OC(=O)CCCCCCCCCCCCCCCCCCCCCCCCC. The van der Waals surface area contributed by atoms with Crippen LogP contribution < -0.4 is 0 Å². The first kappa shape index (κ1) is 77.4. The van der Waals surface area contributed by atoms with Gasteiger partial charge in [-0.05, 0) is 19.3 Å². The summed E-state index contributed by atoms with van der Waals surface area (Å²) in [6.45, 7) is 6.75. The van der Waals surface area contributed by atoms with E-state index in [2.05, 4.69) is 20.8 Å². The molecule has 470 valence electrons. The number of hydrogen-bond donors (Lipinski definition) is 0. The van der Waals surface area contributed by atoms with E-state index in [1.807, 2.05) is 0 Å². The van der Waals surface area contributed by atoms with Gasteiger partial charge in [-0.25, -0.2) is 0 Å². The standard InChI is InChI=1S/C73H142O6/c1-4-7-10-13-16-19-22-25-27-29-31-33-35-36-38-39-41-43-45-48-51-54-57-60-63-66-72(75)78-69-70(68-77-71(74)65-62-59-56-53-50-47-24-21-18-15-12-9-6-3)79-73(76)67-64-61-58-55-52-49-46-44-42-40-37-34-32-30-28-26-23-20-17-14-11-8-5-2/h70H,4-69H2,1-3H3. The van der Waals surface area contributed by atoms with Crippen molar-refractivity contribution in [3.8, 4) is 0 Å². The average Bonchev–Trinajstić information content (AvgIpc) is 3.45. The van der Waals surface area contributed by atoms with Crippen LogP contribution in [0.4, 0.5) is 0 Å². The lowest BCUT2D eigenvalue weighted by atomic mass is 10.0. The molecule has 0 aromatic heterocycles. The molecule has 6 nitrogen and oxygen atoms in total. The Morgan fingerprint density at radius 1 is 0.203 bits per heavy atom. The normalized spacial score (nSPS) is 11.9. The van der Waals surface area contributed by atoms with Gasteiger partial charge in [-0.1, -0.05) is 393 Å². The Kier molecular flexibility index (Phi) is 67.5. The maximum atomic E-state index is 13.0. The summed E-state index contributed by atoms with van der Waals surface area (Å²) in [5, 5.41) is 0. The van der Waals surface area contributed by atoms with Crippen LogP contribution >= 0.6 is 0 Å². The average molecular weight is 1120 g/mol. The van der Waals surface area contributed by atoms with Crippen molar-refractivity contribution in [3.05, 3.63) is 0 Å². The fourth-order valence-corrected chi connectivity index (χ4v) is 11.6. The van der Waals surface area contributed by atoms with E-state index in [1.54, 1.807) is 0 Å². The van der Waals surface area contributed by atoms with Crippen LogP contribution in [0.25, 0.3) is 0 Å². The number of carbonyl (C=O) groups is 3. The van der Waals surface area contributed by atoms with Crippen LogP contribution in [0.2, 0.25) is 0 Å².